The van der Waals surface area contributed by atoms with Gasteiger partial charge in [-0.1, -0.05) is 54.6 Å². The van der Waals surface area contributed by atoms with Gasteiger partial charge in [0.05, 0.1) is 33.3 Å². The van der Waals surface area contributed by atoms with Crippen LogP contribution < -0.4 is 20.9 Å². The van der Waals surface area contributed by atoms with Gasteiger partial charge in [0.1, 0.15) is 45.9 Å². The monoisotopic (exact) mass is 803 g/mol. The van der Waals surface area contributed by atoms with Gasteiger partial charge in [-0.25, -0.2) is 18.2 Å². The van der Waals surface area contributed by atoms with E-state index in [4.69, 9.17) is 33.7 Å². The number of methoxy groups -OCH3 is 2. The molecule has 0 radical (unpaired) electrons. The quantitative estimate of drug-likeness (QED) is 0.0689. The number of nitrogens with two attached hydrogens (primary N) is 1. The average Bonchev–Trinajstić information content (AvgIpc) is 3.58. The van der Waals surface area contributed by atoms with Crippen LogP contribution in [0, 0.1) is 11.3 Å². The van der Waals surface area contributed by atoms with Gasteiger partial charge in [-0.2, -0.15) is 10.2 Å². The molecule has 12 nitrogen and oxygen atoms in total. The van der Waals surface area contributed by atoms with E-state index in [1.165, 1.54) is 12.3 Å². The molecule has 2 aliphatic carbocycles. The first-order valence-corrected chi connectivity index (χ1v) is 20.1. The van der Waals surface area contributed by atoms with Crippen molar-refractivity contribution >= 4 is 14.3 Å². The molecule has 7 atom stereocenters. The number of hydrogen-bond acceptors (Lipinski definition) is 11. The van der Waals surface area contributed by atoms with E-state index in [1.54, 1.807) is 38.5 Å². The minimum atomic E-state index is -2.15. The number of aromatic nitrogens is 2. The lowest BCUT2D eigenvalue weighted by Crippen LogP contribution is -2.53. The van der Waals surface area contributed by atoms with Crippen LogP contribution in [0.1, 0.15) is 69.9 Å². The van der Waals surface area contributed by atoms with E-state index in [0.717, 1.165) is 4.57 Å². The Balaban J connectivity index is 1.43. The van der Waals surface area contributed by atoms with Crippen molar-refractivity contribution in [2.75, 3.05) is 26.6 Å². The summed E-state index contributed by atoms with van der Waals surface area (Å²) < 4.78 is 77.2. The second-order valence-corrected chi connectivity index (χ2v) is 16.6. The molecular formula is C42H48F2N5O7P. The molecule has 2 heterocycles. The summed E-state index contributed by atoms with van der Waals surface area (Å²) in [7, 11) is 1.01. The normalized spacial score (nSPS) is 26.9. The van der Waals surface area contributed by atoms with Crippen LogP contribution in [0.25, 0.3) is 0 Å². The summed E-state index contributed by atoms with van der Waals surface area (Å²) in [5.74, 6) is 1.15. The number of rotatable bonds is 16. The summed E-state index contributed by atoms with van der Waals surface area (Å²) in [6.45, 7) is 7.80. The Morgan fingerprint density at radius 3 is 2.07 bits per heavy atom. The maximum atomic E-state index is 18.1. The zero-order chi connectivity index (χ0) is 40.8. The van der Waals surface area contributed by atoms with E-state index in [9.17, 15) is 10.1 Å². The summed E-state index contributed by atoms with van der Waals surface area (Å²) in [5.41, 5.74) is -0.580. The maximum Gasteiger partial charge on any atom is 0.351 e. The molecule has 2 saturated carbocycles. The van der Waals surface area contributed by atoms with Gasteiger partial charge in [-0.05, 0) is 74.7 Å². The van der Waals surface area contributed by atoms with Crippen LogP contribution in [-0.4, -0.2) is 76.3 Å². The predicted molar refractivity (Wildman–Crippen MR) is 210 cm³/mol. The topological polar surface area (TPSA) is 143 Å². The molecule has 1 unspecified atom stereocenters. The number of nitrogens with zero attached hydrogens (tertiary/aromatic N) is 4. The number of nitriles is 1. The molecule has 1 aliphatic heterocycles. The number of alkyl halides is 2. The molecule has 0 spiro atoms. The lowest BCUT2D eigenvalue weighted by atomic mass is 9.79. The van der Waals surface area contributed by atoms with E-state index >= 15 is 8.78 Å². The molecule has 57 heavy (non-hydrogen) atoms. The number of benzene rings is 3. The molecule has 1 saturated heterocycles. The lowest BCUT2D eigenvalue weighted by Gasteiger charge is -2.43. The van der Waals surface area contributed by atoms with Crippen LogP contribution in [0.2, 0.25) is 0 Å². The third-order valence-electron chi connectivity index (χ3n) is 11.1. The van der Waals surface area contributed by atoms with Gasteiger partial charge in [0, 0.05) is 31.1 Å². The van der Waals surface area contributed by atoms with Gasteiger partial charge in [0.25, 0.3) is 8.53 Å². The van der Waals surface area contributed by atoms with Crippen molar-refractivity contribution in [2.24, 2.45) is 0 Å². The fourth-order valence-electron chi connectivity index (χ4n) is 8.59. The van der Waals surface area contributed by atoms with Crippen molar-refractivity contribution in [3.63, 3.8) is 0 Å². The highest BCUT2D eigenvalue weighted by molar-refractivity contribution is 7.44. The van der Waals surface area contributed by atoms with Crippen LogP contribution in [0.4, 0.5) is 14.6 Å². The van der Waals surface area contributed by atoms with Gasteiger partial charge in [-0.3, -0.25) is 4.57 Å². The van der Waals surface area contributed by atoms with Crippen molar-refractivity contribution in [3.05, 3.63) is 118 Å². The molecular weight excluding hydrogens is 755 g/mol. The van der Waals surface area contributed by atoms with Gasteiger partial charge in [-0.15, -0.1) is 0 Å². The molecule has 3 aliphatic rings. The summed E-state index contributed by atoms with van der Waals surface area (Å²) in [4.78, 5) is 17.1. The molecule has 2 N–H and O–H groups in total. The van der Waals surface area contributed by atoms with Gasteiger partial charge >= 0.3 is 5.69 Å². The number of fused-ring (bicyclic) bond motifs is 3. The molecule has 1 aromatic heterocycles. The molecule has 4 aromatic rings. The summed E-state index contributed by atoms with van der Waals surface area (Å²) >= 11 is 0. The third-order valence-corrected chi connectivity index (χ3v) is 13.3. The van der Waals surface area contributed by atoms with E-state index < -0.39 is 61.6 Å². The number of halogens is 2. The molecule has 0 bridgehead atoms. The summed E-state index contributed by atoms with van der Waals surface area (Å²) in [5, 5.41) is 9.39. The number of hydrogen-bond donors (Lipinski definition) is 1. The molecule has 302 valence electrons. The molecule has 0 amide bonds. The third kappa shape index (κ3) is 6.88. The Kier molecular flexibility index (Phi) is 11.2. The van der Waals surface area contributed by atoms with Gasteiger partial charge in [0.15, 0.2) is 12.4 Å². The van der Waals surface area contributed by atoms with Crippen molar-refractivity contribution in [1.29, 1.82) is 5.26 Å². The van der Waals surface area contributed by atoms with E-state index in [0.29, 0.717) is 28.2 Å². The van der Waals surface area contributed by atoms with Gasteiger partial charge in [0.2, 0.25) is 0 Å². The van der Waals surface area contributed by atoms with E-state index in [-0.39, 0.29) is 37.4 Å². The highest BCUT2D eigenvalue weighted by atomic mass is 31.2. The fourth-order valence-corrected chi connectivity index (χ4v) is 10.4. The minimum absolute atomic E-state index is 0.00403. The molecule has 7 rings (SSSR count). The van der Waals surface area contributed by atoms with Crippen LogP contribution in [-0.2, 0) is 24.1 Å². The smallest absolute Gasteiger partial charge is 0.351 e. The maximum absolute atomic E-state index is 18.1. The highest BCUT2D eigenvalue weighted by Gasteiger charge is 2.91. The number of anilines is 1. The minimum Gasteiger partial charge on any atom is -0.497 e. The summed E-state index contributed by atoms with van der Waals surface area (Å²) in [6, 6.07) is 27.2. The van der Waals surface area contributed by atoms with Crippen molar-refractivity contribution in [2.45, 2.75) is 100 Å². The Morgan fingerprint density at radius 1 is 0.965 bits per heavy atom. The van der Waals surface area contributed by atoms with E-state index in [1.807, 2.05) is 87.0 Å². The van der Waals surface area contributed by atoms with Crippen molar-refractivity contribution < 1.29 is 36.8 Å². The highest BCUT2D eigenvalue weighted by Crippen LogP contribution is 2.76. The number of ether oxygens (including phenoxy) is 4. The molecule has 15 heteroatoms. The van der Waals surface area contributed by atoms with Crippen LogP contribution in [0.15, 0.2) is 95.9 Å². The average molecular weight is 804 g/mol. The predicted octanol–water partition coefficient (Wildman–Crippen LogP) is 7.37. The van der Waals surface area contributed by atoms with E-state index in [2.05, 4.69) is 11.1 Å². The van der Waals surface area contributed by atoms with Gasteiger partial charge < -0.3 is 33.7 Å². The lowest BCUT2D eigenvalue weighted by molar-refractivity contribution is -0.166. The first-order valence-electron chi connectivity index (χ1n) is 18.9. The molecule has 3 fully saturated rings. The Hall–Kier alpha value is -4.48. The van der Waals surface area contributed by atoms with Crippen LogP contribution in [0.3, 0.4) is 0 Å². The SMILES string of the molecule is COc1ccc(C(O[C@]23C[C@@]2(F)C[C@]2(OP(OCCC#N)N(C(C)C)C(C)C)[C@H](F)[C@H](n4ccc(N)nc4=O)O[C@@H]23)(c2ccccc2)c2ccc(OC)cc2)cc1. The Morgan fingerprint density at radius 2 is 1.54 bits per heavy atom. The largest absolute Gasteiger partial charge is 0.497 e. The first kappa shape index (κ1) is 40.7. The zero-order valence-electron chi connectivity index (χ0n) is 32.8. The Labute approximate surface area is 332 Å². The standard InChI is InChI=1S/C42H48F2N5O7P/c1-27(2)49(28(3)4)57(53-24-10-22-45)56-40-25-39(44)26-41(39,37(40)54-36(35(40)43)48-23-21-34(46)47-38(48)50)55-42(29-11-8-7-9-12-29,30-13-17-32(51-5)18-14-30)31-15-19-33(52-6)20-16-31/h7-9,11-21,23,27-28,35-37H,10,24-26H2,1-6H3,(H2,46,47,50)/t35-,36-,37+,39+,40+,41+,57?/m1/s1. The van der Waals surface area contributed by atoms with Crippen LogP contribution in [0.5, 0.6) is 11.5 Å². The second kappa shape index (κ2) is 15.7. The Bertz CT molecular complexity index is 2080. The van der Waals surface area contributed by atoms with Crippen molar-refractivity contribution in [3.8, 4) is 17.6 Å². The van der Waals surface area contributed by atoms with Crippen molar-refractivity contribution in [1.82, 2.24) is 14.2 Å². The zero-order valence-corrected chi connectivity index (χ0v) is 33.7. The first-order chi connectivity index (χ1) is 27.3. The fraction of sp³-hybridized carbons (Fsp3) is 0.452. The van der Waals surface area contributed by atoms with Crippen LogP contribution >= 0.6 is 8.53 Å². The molecule has 3 aromatic carbocycles. The summed E-state index contributed by atoms with van der Waals surface area (Å²) in [6.07, 6.45) is -4.37. The number of nitrogen functional groups attached to an aromatic ring is 1. The second-order valence-electron chi connectivity index (χ2n) is 15.3.